The first-order valence-electron chi connectivity index (χ1n) is 23.7. The lowest BCUT2D eigenvalue weighted by Gasteiger charge is -2.43. The number of halogens is 3. The topological polar surface area (TPSA) is 145 Å². The van der Waals surface area contributed by atoms with Gasteiger partial charge in [-0.15, -0.1) is 0 Å². The number of carbonyl (C=O) groups excluding carboxylic acids is 2. The molecule has 5 aromatic rings. The highest BCUT2D eigenvalue weighted by Gasteiger charge is 2.35. The lowest BCUT2D eigenvalue weighted by Crippen LogP contribution is -2.53. The third kappa shape index (κ3) is 10.1. The largest absolute Gasteiger partial charge is 0.494 e. The number of rotatable bonds is 14. The van der Waals surface area contributed by atoms with Gasteiger partial charge in [0, 0.05) is 110 Å². The van der Waals surface area contributed by atoms with E-state index < -0.39 is 36.5 Å². The minimum atomic E-state index is -2.65. The Labute approximate surface area is 399 Å². The lowest BCUT2D eigenvalue weighted by molar-refractivity contribution is -0.134. The van der Waals surface area contributed by atoms with Gasteiger partial charge in [0.2, 0.25) is 17.8 Å². The summed E-state index contributed by atoms with van der Waals surface area (Å²) < 4.78 is 51.4. The van der Waals surface area contributed by atoms with E-state index in [1.54, 1.807) is 13.3 Å². The number of aromatic nitrogens is 3. The van der Waals surface area contributed by atoms with Crippen molar-refractivity contribution in [1.29, 1.82) is 0 Å². The molecule has 0 radical (unpaired) electrons. The van der Waals surface area contributed by atoms with E-state index in [4.69, 9.17) is 14.7 Å². The van der Waals surface area contributed by atoms with Crippen molar-refractivity contribution in [2.24, 2.45) is 0 Å². The number of methoxy groups -OCH3 is 1. The van der Waals surface area contributed by atoms with E-state index in [1.165, 1.54) is 17.7 Å². The Morgan fingerprint density at radius 1 is 0.881 bits per heavy atom. The predicted molar refractivity (Wildman–Crippen MR) is 264 cm³/mol. The van der Waals surface area contributed by atoms with Crippen LogP contribution in [0.3, 0.4) is 0 Å². The van der Waals surface area contributed by atoms with Crippen molar-refractivity contribution in [3.05, 3.63) is 93.2 Å². The molecular weight excluding hydrogens is 939 g/mol. The summed E-state index contributed by atoms with van der Waals surface area (Å²) in [5, 5.41) is 10.9. The molecule has 2 aromatic heterocycles. The number of amides is 2. The number of ether oxygens (including phenoxy) is 1. The normalized spacial score (nSPS) is 19.5. The third-order valence-electron chi connectivity index (χ3n) is 14.2. The summed E-state index contributed by atoms with van der Waals surface area (Å²) in [5.41, 5.74) is 6.07. The molecule has 4 aliphatic rings. The summed E-state index contributed by atoms with van der Waals surface area (Å²) in [5.74, 6) is -1.87. The summed E-state index contributed by atoms with van der Waals surface area (Å²) in [6.45, 7) is 10.4. The number of pyridine rings is 1. The number of fused-ring (bicyclic) bond motifs is 1. The third-order valence-corrected chi connectivity index (χ3v) is 18.1. The number of hydrogen-bond donors (Lipinski definition) is 3. The number of piperazine rings is 1. The SMILES string of the molecule is CCc1ccc2c(P3(=O)CCCC3)c(Nc3nc(Nc4cc(CC)c(N5CCC(N6CCN(CCc7cc(F)c(C8CCC(=O)NC8=O)c(F)c7)CC6)CC5)cc4OC)ncc3Br)ccc2n1. The van der Waals surface area contributed by atoms with Crippen molar-refractivity contribution in [3.63, 3.8) is 0 Å². The summed E-state index contributed by atoms with van der Waals surface area (Å²) >= 11 is 3.66. The highest BCUT2D eigenvalue weighted by Crippen LogP contribution is 2.54. The van der Waals surface area contributed by atoms with Crippen molar-refractivity contribution in [2.45, 2.75) is 83.6 Å². The highest BCUT2D eigenvalue weighted by molar-refractivity contribution is 9.10. The van der Waals surface area contributed by atoms with Crippen LogP contribution in [-0.4, -0.2) is 108 Å². The maximum Gasteiger partial charge on any atom is 0.234 e. The van der Waals surface area contributed by atoms with Gasteiger partial charge >= 0.3 is 0 Å². The first-order valence-corrected chi connectivity index (χ1v) is 26.6. The number of nitrogens with zero attached hydrogens (tertiary/aromatic N) is 6. The van der Waals surface area contributed by atoms with Gasteiger partial charge in [0.15, 0.2) is 0 Å². The van der Waals surface area contributed by atoms with Gasteiger partial charge in [-0.1, -0.05) is 19.9 Å². The van der Waals surface area contributed by atoms with Gasteiger partial charge in [0.1, 0.15) is 30.3 Å². The Kier molecular flexibility index (Phi) is 14.3. The fourth-order valence-electron chi connectivity index (χ4n) is 10.5. The molecule has 1 atom stereocenters. The van der Waals surface area contributed by atoms with E-state index in [1.807, 2.05) is 18.2 Å². The first kappa shape index (κ1) is 47.1. The molecule has 0 saturated carbocycles. The fourth-order valence-corrected chi connectivity index (χ4v) is 14.1. The molecule has 1 unspecified atom stereocenters. The van der Waals surface area contributed by atoms with Crippen LogP contribution in [0.15, 0.2) is 59.2 Å². The van der Waals surface area contributed by atoms with Crippen LogP contribution in [0.5, 0.6) is 5.75 Å². The van der Waals surface area contributed by atoms with Crippen molar-refractivity contribution >= 4 is 79.9 Å². The van der Waals surface area contributed by atoms with Gasteiger partial charge in [-0.2, -0.15) is 4.98 Å². The second-order valence-electron chi connectivity index (χ2n) is 18.2. The lowest BCUT2D eigenvalue weighted by atomic mass is 9.89. The smallest absolute Gasteiger partial charge is 0.234 e. The monoisotopic (exact) mass is 997 g/mol. The van der Waals surface area contributed by atoms with Crippen molar-refractivity contribution in [3.8, 4) is 5.75 Å². The Morgan fingerprint density at radius 3 is 2.31 bits per heavy atom. The van der Waals surface area contributed by atoms with Crippen LogP contribution in [0.25, 0.3) is 10.9 Å². The van der Waals surface area contributed by atoms with Crippen LogP contribution in [0.2, 0.25) is 0 Å². The van der Waals surface area contributed by atoms with E-state index in [0.717, 1.165) is 117 Å². The zero-order valence-corrected chi connectivity index (χ0v) is 41.0. The number of carbonyl (C=O) groups is 2. The van der Waals surface area contributed by atoms with Gasteiger partial charge < -0.3 is 29.7 Å². The van der Waals surface area contributed by atoms with E-state index >= 15 is 8.78 Å². The Hall–Kier alpha value is -5.02. The maximum absolute atomic E-state index is 15.1. The molecule has 67 heavy (non-hydrogen) atoms. The second kappa shape index (κ2) is 20.3. The van der Waals surface area contributed by atoms with Crippen LogP contribution in [0.4, 0.5) is 37.6 Å². The Bertz CT molecular complexity index is 2700. The van der Waals surface area contributed by atoms with Gasteiger partial charge in [0.25, 0.3) is 0 Å². The van der Waals surface area contributed by atoms with Crippen molar-refractivity contribution < 1.29 is 27.7 Å². The van der Waals surface area contributed by atoms with Crippen LogP contribution in [-0.2, 0) is 33.4 Å². The molecule has 4 fully saturated rings. The quantitative estimate of drug-likeness (QED) is 0.0723. The summed E-state index contributed by atoms with van der Waals surface area (Å²) in [6, 6.07) is 15.5. The first-order chi connectivity index (χ1) is 32.4. The number of benzene rings is 3. The summed E-state index contributed by atoms with van der Waals surface area (Å²) in [7, 11) is -0.972. The molecule has 3 N–H and O–H groups in total. The Morgan fingerprint density at radius 2 is 1.63 bits per heavy atom. The molecule has 17 heteroatoms. The highest BCUT2D eigenvalue weighted by atomic mass is 79.9. The van der Waals surface area contributed by atoms with E-state index in [9.17, 15) is 14.2 Å². The molecule has 4 aliphatic heterocycles. The van der Waals surface area contributed by atoms with Crippen molar-refractivity contribution in [2.75, 3.05) is 80.8 Å². The average molecular weight is 999 g/mol. The number of imide groups is 1. The molecule has 2 amide bonds. The van der Waals surface area contributed by atoms with Gasteiger partial charge in [-0.25, -0.2) is 13.8 Å². The van der Waals surface area contributed by atoms with Crippen LogP contribution in [0.1, 0.15) is 80.7 Å². The molecule has 3 aromatic carbocycles. The molecular formula is C50H59BrF2N9O4P. The molecule has 6 heterocycles. The molecule has 354 valence electrons. The standard InChI is InChI=1S/C50H59BrF2N9O4P/c1-4-32-28-42(57-50-54-30-37(51)48(59-50)56-41-12-11-40-35(9-8-33(5-2)55-40)47(41)67(65)24-6-7-25-67)44(66-3)29-43(32)62-18-15-34(16-19-62)61-22-20-60(21-23-61)17-14-31-26-38(52)46(39(53)27-31)36-10-13-45(63)58-49(36)64/h8-9,11-12,26-30,34,36H,4-7,10,13-25H2,1-3H3,(H,58,63,64)(H2,54,56,57,59). The number of nitrogens with one attached hydrogen (secondary N) is 3. The molecule has 0 bridgehead atoms. The minimum absolute atomic E-state index is 0.0656. The van der Waals surface area contributed by atoms with Gasteiger partial charge in [-0.3, -0.25) is 24.8 Å². The zero-order valence-electron chi connectivity index (χ0n) is 38.5. The number of aryl methyl sites for hydroxylation is 2. The number of anilines is 5. The molecule has 13 nitrogen and oxygen atoms in total. The average Bonchev–Trinajstić information content (AvgIpc) is 3.78. The fraction of sp³-hybridized carbons (Fsp3) is 0.460. The molecule has 4 saturated heterocycles. The van der Waals surface area contributed by atoms with Crippen LogP contribution in [0, 0.1) is 11.6 Å². The van der Waals surface area contributed by atoms with Gasteiger partial charge in [-0.05, 0) is 115 Å². The minimum Gasteiger partial charge on any atom is -0.494 e. The predicted octanol–water partition coefficient (Wildman–Crippen LogP) is 8.82. The van der Waals surface area contributed by atoms with Crippen LogP contribution < -0.4 is 30.9 Å². The molecule has 0 spiro atoms. The number of piperidine rings is 2. The number of hydrogen-bond acceptors (Lipinski definition) is 12. The van der Waals surface area contributed by atoms with Crippen molar-refractivity contribution in [1.82, 2.24) is 30.1 Å². The molecule has 9 rings (SSSR count). The van der Waals surface area contributed by atoms with E-state index in [2.05, 4.69) is 83.6 Å². The van der Waals surface area contributed by atoms with Gasteiger partial charge in [0.05, 0.1) is 34.4 Å². The zero-order chi connectivity index (χ0) is 46.8. The van der Waals surface area contributed by atoms with Crippen LogP contribution >= 0.6 is 23.1 Å². The summed E-state index contributed by atoms with van der Waals surface area (Å²) in [6.07, 6.45) is 9.40. The second-order valence-corrected chi connectivity index (χ2v) is 22.2. The summed E-state index contributed by atoms with van der Waals surface area (Å²) in [4.78, 5) is 45.6. The molecule has 0 aliphatic carbocycles. The Balaban J connectivity index is 0.817. The maximum atomic E-state index is 15.1. The van der Waals surface area contributed by atoms with E-state index in [0.29, 0.717) is 58.9 Å². The van der Waals surface area contributed by atoms with E-state index in [-0.39, 0.29) is 18.4 Å².